The molecule has 14 nitrogen and oxygen atoms in total. The van der Waals surface area contributed by atoms with Gasteiger partial charge in [0.15, 0.2) is 0 Å². The van der Waals surface area contributed by atoms with E-state index in [1.165, 1.54) is 0 Å². The van der Waals surface area contributed by atoms with Gasteiger partial charge >= 0.3 is 5.97 Å². The zero-order valence-corrected chi connectivity index (χ0v) is 17.1. The van der Waals surface area contributed by atoms with Crippen molar-refractivity contribution in [2.24, 2.45) is 0 Å². The zero-order chi connectivity index (χ0) is 23.1. The molecule has 1 rings (SSSR count). The van der Waals surface area contributed by atoms with Crippen molar-refractivity contribution in [1.82, 2.24) is 26.6 Å². The van der Waals surface area contributed by atoms with Gasteiger partial charge in [0.05, 0.1) is 26.8 Å². The SMILES string of the molecule is COC(=O)CNC(=O)[C@H]1NC(=O)CNC(=O)CNC(=O)C(NC=O)COCCCCO1. The second-order valence-corrected chi connectivity index (χ2v) is 6.23. The number of rotatable bonds is 5. The third kappa shape index (κ3) is 10.9. The summed E-state index contributed by atoms with van der Waals surface area (Å²) in [4.78, 5) is 69.9. The highest BCUT2D eigenvalue weighted by atomic mass is 16.5. The molecule has 31 heavy (non-hydrogen) atoms. The topological polar surface area (TPSA) is 190 Å². The van der Waals surface area contributed by atoms with Gasteiger partial charge in [0, 0.05) is 13.2 Å². The molecule has 14 heteroatoms. The predicted molar refractivity (Wildman–Crippen MR) is 102 cm³/mol. The van der Waals surface area contributed by atoms with Gasteiger partial charge in [0.2, 0.25) is 30.4 Å². The average Bonchev–Trinajstić information content (AvgIpc) is 2.76. The minimum absolute atomic E-state index is 0.0722. The Labute approximate surface area is 178 Å². The van der Waals surface area contributed by atoms with Crippen LogP contribution in [0.4, 0.5) is 0 Å². The van der Waals surface area contributed by atoms with Crippen LogP contribution in [0.5, 0.6) is 0 Å². The minimum atomic E-state index is -1.40. The van der Waals surface area contributed by atoms with Gasteiger partial charge in [-0.15, -0.1) is 0 Å². The van der Waals surface area contributed by atoms with Crippen LogP contribution < -0.4 is 26.6 Å². The molecule has 0 saturated carbocycles. The number of hydrogen-bond donors (Lipinski definition) is 5. The lowest BCUT2D eigenvalue weighted by Crippen LogP contribution is -2.52. The van der Waals surface area contributed by atoms with E-state index in [4.69, 9.17) is 9.47 Å². The molecule has 174 valence electrons. The molecular formula is C17H27N5O9. The Bertz CT molecular complexity index is 658. The number of amides is 5. The molecule has 1 fully saturated rings. The van der Waals surface area contributed by atoms with Crippen LogP contribution in [-0.2, 0) is 43.0 Å². The van der Waals surface area contributed by atoms with E-state index in [1.807, 2.05) is 0 Å². The van der Waals surface area contributed by atoms with Gasteiger partial charge in [-0.05, 0) is 12.8 Å². The fraction of sp³-hybridized carbons (Fsp3) is 0.647. The molecule has 1 heterocycles. The van der Waals surface area contributed by atoms with Crippen LogP contribution in [0.1, 0.15) is 12.8 Å². The fourth-order valence-corrected chi connectivity index (χ4v) is 2.23. The number of methoxy groups -OCH3 is 1. The second kappa shape index (κ2) is 14.7. The number of hydrogen-bond acceptors (Lipinski definition) is 9. The first-order valence-electron chi connectivity index (χ1n) is 9.44. The normalized spacial score (nSPS) is 22.0. The maximum Gasteiger partial charge on any atom is 0.325 e. The molecule has 0 aromatic heterocycles. The van der Waals surface area contributed by atoms with E-state index in [0.29, 0.717) is 19.3 Å². The molecule has 0 bridgehead atoms. The second-order valence-electron chi connectivity index (χ2n) is 6.23. The van der Waals surface area contributed by atoms with Crippen LogP contribution in [0.2, 0.25) is 0 Å². The molecule has 0 aromatic rings. The molecule has 1 saturated heterocycles. The Hall–Kier alpha value is -3.26. The number of carbonyl (C=O) groups excluding carboxylic acids is 6. The molecular weight excluding hydrogens is 418 g/mol. The molecule has 0 radical (unpaired) electrons. The van der Waals surface area contributed by atoms with Crippen molar-refractivity contribution in [1.29, 1.82) is 0 Å². The smallest absolute Gasteiger partial charge is 0.325 e. The van der Waals surface area contributed by atoms with Crippen molar-refractivity contribution >= 4 is 36.0 Å². The van der Waals surface area contributed by atoms with E-state index in [1.54, 1.807) is 0 Å². The van der Waals surface area contributed by atoms with Crippen molar-refractivity contribution in [2.45, 2.75) is 25.1 Å². The van der Waals surface area contributed by atoms with Crippen LogP contribution in [0.3, 0.4) is 0 Å². The first kappa shape index (κ1) is 25.8. The Morgan fingerprint density at radius 3 is 2.55 bits per heavy atom. The van der Waals surface area contributed by atoms with Crippen molar-refractivity contribution in [2.75, 3.05) is 46.6 Å². The van der Waals surface area contributed by atoms with E-state index in [-0.39, 0.29) is 19.8 Å². The largest absolute Gasteiger partial charge is 0.468 e. The monoisotopic (exact) mass is 445 g/mol. The van der Waals surface area contributed by atoms with E-state index in [0.717, 1.165) is 7.11 Å². The highest BCUT2D eigenvalue weighted by Crippen LogP contribution is 1.97. The lowest BCUT2D eigenvalue weighted by atomic mass is 10.3. The quantitative estimate of drug-likeness (QED) is 0.207. The summed E-state index contributed by atoms with van der Waals surface area (Å²) in [7, 11) is 1.16. The molecule has 1 unspecified atom stereocenters. The van der Waals surface area contributed by atoms with Gasteiger partial charge in [0.25, 0.3) is 5.91 Å². The van der Waals surface area contributed by atoms with Crippen molar-refractivity contribution in [3.8, 4) is 0 Å². The van der Waals surface area contributed by atoms with E-state index >= 15 is 0 Å². The highest BCUT2D eigenvalue weighted by molar-refractivity contribution is 5.92. The third-order valence-corrected chi connectivity index (χ3v) is 3.87. The zero-order valence-electron chi connectivity index (χ0n) is 17.1. The fourth-order valence-electron chi connectivity index (χ4n) is 2.23. The van der Waals surface area contributed by atoms with E-state index < -0.39 is 61.5 Å². The Balaban J connectivity index is 2.72. The standard InChI is InChI=1S/C17H27N5O9/c1-29-14(26)8-20-16(28)17-22-13(25)7-18-12(24)6-19-15(27)11(21-10-23)9-30-4-2-3-5-31-17/h10-11,17H,2-9H2,1H3,(H,18,24)(H,19,27)(H,20,28)(H,21,23)(H,22,25)/t11?,17-/m0/s1. The maximum absolute atomic E-state index is 12.2. The molecule has 2 atom stereocenters. The Morgan fingerprint density at radius 1 is 1.13 bits per heavy atom. The lowest BCUT2D eigenvalue weighted by molar-refractivity contribution is -0.145. The van der Waals surface area contributed by atoms with Crippen LogP contribution in [0.15, 0.2) is 0 Å². The first-order chi connectivity index (χ1) is 14.9. The van der Waals surface area contributed by atoms with Gasteiger partial charge in [-0.1, -0.05) is 0 Å². The molecule has 1 aliphatic heterocycles. The van der Waals surface area contributed by atoms with Gasteiger partial charge in [0.1, 0.15) is 12.6 Å². The summed E-state index contributed by atoms with van der Waals surface area (Å²) in [6, 6.07) is -0.983. The van der Waals surface area contributed by atoms with Gasteiger partial charge in [-0.2, -0.15) is 0 Å². The highest BCUT2D eigenvalue weighted by Gasteiger charge is 2.23. The van der Waals surface area contributed by atoms with E-state index in [2.05, 4.69) is 31.3 Å². The number of esters is 1. The van der Waals surface area contributed by atoms with Crippen LogP contribution >= 0.6 is 0 Å². The third-order valence-electron chi connectivity index (χ3n) is 3.87. The summed E-state index contributed by atoms with van der Waals surface area (Å²) in [5.74, 6) is -3.48. The van der Waals surface area contributed by atoms with Gasteiger partial charge in [-0.25, -0.2) is 0 Å². The molecule has 0 aromatic carbocycles. The Kier molecular flexibility index (Phi) is 12.2. The number of nitrogens with one attached hydrogen (secondary N) is 5. The summed E-state index contributed by atoms with van der Waals surface area (Å²) in [6.45, 7) is -1.14. The van der Waals surface area contributed by atoms with Crippen LogP contribution in [0, 0.1) is 0 Å². The molecule has 5 amide bonds. The molecule has 5 N–H and O–H groups in total. The summed E-state index contributed by atoms with van der Waals surface area (Å²) >= 11 is 0. The van der Waals surface area contributed by atoms with Gasteiger partial charge < -0.3 is 40.8 Å². The van der Waals surface area contributed by atoms with Crippen molar-refractivity contribution in [3.05, 3.63) is 0 Å². The molecule has 1 aliphatic rings. The summed E-state index contributed by atoms with van der Waals surface area (Å²) in [5.41, 5.74) is 0. The maximum atomic E-state index is 12.2. The number of ether oxygens (including phenoxy) is 3. The minimum Gasteiger partial charge on any atom is -0.468 e. The molecule has 0 aliphatic carbocycles. The molecule has 0 spiro atoms. The first-order valence-corrected chi connectivity index (χ1v) is 9.44. The lowest BCUT2D eigenvalue weighted by Gasteiger charge is -2.19. The van der Waals surface area contributed by atoms with Crippen molar-refractivity contribution in [3.63, 3.8) is 0 Å². The average molecular weight is 445 g/mol. The van der Waals surface area contributed by atoms with Crippen molar-refractivity contribution < 1.29 is 43.0 Å². The van der Waals surface area contributed by atoms with Crippen LogP contribution in [-0.4, -0.2) is 94.8 Å². The van der Waals surface area contributed by atoms with E-state index in [9.17, 15) is 28.8 Å². The summed E-state index contributed by atoms with van der Waals surface area (Å²) < 4.78 is 15.2. The summed E-state index contributed by atoms with van der Waals surface area (Å²) in [5, 5.41) is 11.4. The predicted octanol–water partition coefficient (Wildman–Crippen LogP) is -4.11. The summed E-state index contributed by atoms with van der Waals surface area (Å²) in [6.07, 6.45) is -0.100. The van der Waals surface area contributed by atoms with Crippen LogP contribution in [0.25, 0.3) is 0 Å². The number of carbonyl (C=O) groups is 6. The Morgan fingerprint density at radius 2 is 1.84 bits per heavy atom. The van der Waals surface area contributed by atoms with Gasteiger partial charge in [-0.3, -0.25) is 28.8 Å².